The van der Waals surface area contributed by atoms with Crippen LogP contribution in [0.2, 0.25) is 5.02 Å². The van der Waals surface area contributed by atoms with E-state index in [1.807, 2.05) is 26.0 Å². The van der Waals surface area contributed by atoms with E-state index in [-0.39, 0.29) is 12.5 Å². The summed E-state index contributed by atoms with van der Waals surface area (Å²) in [6.45, 7) is 3.55. The molecule has 1 amide bonds. The molecule has 22 heavy (non-hydrogen) atoms. The normalized spacial score (nSPS) is 10.1. The third-order valence-corrected chi connectivity index (χ3v) is 3.54. The molecular formula is C17H16ClNO3. The fourth-order valence-corrected chi connectivity index (χ4v) is 2.00. The van der Waals surface area contributed by atoms with Gasteiger partial charge in [-0.3, -0.25) is 4.79 Å². The number of benzene rings is 2. The van der Waals surface area contributed by atoms with Crippen LogP contribution < -0.4 is 5.32 Å². The van der Waals surface area contributed by atoms with Crippen LogP contribution >= 0.6 is 11.6 Å². The Labute approximate surface area is 134 Å². The number of nitrogens with one attached hydrogen (secondary N) is 1. The Hall–Kier alpha value is -2.33. The van der Waals surface area contributed by atoms with E-state index in [1.165, 1.54) is 0 Å². The predicted octanol–water partition coefficient (Wildman–Crippen LogP) is 3.75. The highest BCUT2D eigenvalue weighted by molar-refractivity contribution is 6.30. The third-order valence-electron chi connectivity index (χ3n) is 3.29. The maximum Gasteiger partial charge on any atom is 0.338 e. The lowest BCUT2D eigenvalue weighted by Crippen LogP contribution is -2.21. The molecule has 0 aliphatic carbocycles. The van der Waals surface area contributed by atoms with Crippen LogP contribution in [0.5, 0.6) is 0 Å². The van der Waals surface area contributed by atoms with Crippen molar-refractivity contribution >= 4 is 29.2 Å². The minimum Gasteiger partial charge on any atom is -0.452 e. The van der Waals surface area contributed by atoms with Crippen LogP contribution in [0.3, 0.4) is 0 Å². The van der Waals surface area contributed by atoms with Gasteiger partial charge in [0.2, 0.25) is 0 Å². The fourth-order valence-electron chi connectivity index (χ4n) is 1.87. The van der Waals surface area contributed by atoms with Gasteiger partial charge in [-0.2, -0.15) is 0 Å². The average Bonchev–Trinajstić information content (AvgIpc) is 2.50. The maximum absolute atomic E-state index is 11.9. The summed E-state index contributed by atoms with van der Waals surface area (Å²) < 4.78 is 4.98. The van der Waals surface area contributed by atoms with Gasteiger partial charge in [0.25, 0.3) is 5.91 Å². The molecule has 0 heterocycles. The molecule has 2 rings (SSSR count). The van der Waals surface area contributed by atoms with Gasteiger partial charge >= 0.3 is 5.97 Å². The van der Waals surface area contributed by atoms with Crippen molar-refractivity contribution in [3.63, 3.8) is 0 Å². The molecule has 1 N–H and O–H groups in total. The van der Waals surface area contributed by atoms with Crippen LogP contribution in [0.4, 0.5) is 5.69 Å². The van der Waals surface area contributed by atoms with Crippen LogP contribution in [-0.2, 0) is 9.53 Å². The molecule has 0 saturated heterocycles. The summed E-state index contributed by atoms with van der Waals surface area (Å²) in [6.07, 6.45) is 0. The lowest BCUT2D eigenvalue weighted by molar-refractivity contribution is -0.119. The number of aryl methyl sites for hydroxylation is 1. The topological polar surface area (TPSA) is 55.4 Å². The Morgan fingerprint density at radius 2 is 1.77 bits per heavy atom. The zero-order valence-corrected chi connectivity index (χ0v) is 13.1. The van der Waals surface area contributed by atoms with E-state index in [2.05, 4.69) is 5.32 Å². The van der Waals surface area contributed by atoms with Crippen LogP contribution in [0.15, 0.2) is 42.5 Å². The quantitative estimate of drug-likeness (QED) is 0.874. The molecule has 0 aliphatic heterocycles. The van der Waals surface area contributed by atoms with Crippen LogP contribution in [0.25, 0.3) is 0 Å². The van der Waals surface area contributed by atoms with Gasteiger partial charge in [-0.15, -0.1) is 0 Å². The number of hydrogen-bond donors (Lipinski definition) is 1. The standard InChI is InChI=1S/C17H16ClNO3/c1-11-4-3-5-15(12(11)2)19-16(20)10-22-17(21)13-6-8-14(18)9-7-13/h3-9H,10H2,1-2H3,(H,19,20). The van der Waals surface area contributed by atoms with Crippen molar-refractivity contribution in [2.75, 3.05) is 11.9 Å². The van der Waals surface area contributed by atoms with Gasteiger partial charge < -0.3 is 10.1 Å². The number of carbonyl (C=O) groups excluding carboxylic acids is 2. The van der Waals surface area contributed by atoms with Crippen molar-refractivity contribution in [3.05, 3.63) is 64.2 Å². The minimum absolute atomic E-state index is 0.338. The first kappa shape index (κ1) is 16.0. The summed E-state index contributed by atoms with van der Waals surface area (Å²) in [5.74, 6) is -0.941. The summed E-state index contributed by atoms with van der Waals surface area (Å²) in [6, 6.07) is 11.9. The van der Waals surface area contributed by atoms with E-state index in [0.29, 0.717) is 16.3 Å². The Morgan fingerprint density at radius 1 is 1.09 bits per heavy atom. The number of rotatable bonds is 4. The van der Waals surface area contributed by atoms with Crippen molar-refractivity contribution in [2.45, 2.75) is 13.8 Å². The largest absolute Gasteiger partial charge is 0.452 e. The van der Waals surface area contributed by atoms with Crippen molar-refractivity contribution in [1.82, 2.24) is 0 Å². The summed E-state index contributed by atoms with van der Waals surface area (Å²) >= 11 is 5.75. The van der Waals surface area contributed by atoms with Crippen molar-refractivity contribution in [3.8, 4) is 0 Å². The molecule has 0 radical (unpaired) electrons. The van der Waals surface area contributed by atoms with E-state index >= 15 is 0 Å². The molecule has 0 spiro atoms. The molecule has 2 aromatic carbocycles. The summed E-state index contributed by atoms with van der Waals surface area (Å²) in [5.41, 5.74) is 3.13. The number of ether oxygens (including phenoxy) is 1. The Kier molecular flexibility index (Phi) is 5.17. The molecule has 0 fully saturated rings. The molecule has 0 atom stereocenters. The van der Waals surface area contributed by atoms with Crippen molar-refractivity contribution < 1.29 is 14.3 Å². The van der Waals surface area contributed by atoms with E-state index in [0.717, 1.165) is 11.1 Å². The third kappa shape index (κ3) is 4.09. The zero-order chi connectivity index (χ0) is 16.1. The highest BCUT2D eigenvalue weighted by Crippen LogP contribution is 2.17. The monoisotopic (exact) mass is 317 g/mol. The van der Waals surface area contributed by atoms with Crippen LogP contribution in [0.1, 0.15) is 21.5 Å². The van der Waals surface area contributed by atoms with Gasteiger partial charge in [0.05, 0.1) is 5.56 Å². The second-order valence-electron chi connectivity index (χ2n) is 4.88. The molecule has 4 nitrogen and oxygen atoms in total. The van der Waals surface area contributed by atoms with E-state index in [9.17, 15) is 9.59 Å². The molecule has 0 saturated carbocycles. The second kappa shape index (κ2) is 7.09. The van der Waals surface area contributed by atoms with E-state index in [4.69, 9.17) is 16.3 Å². The Bertz CT molecular complexity index is 696. The number of anilines is 1. The van der Waals surface area contributed by atoms with Crippen LogP contribution in [0, 0.1) is 13.8 Å². The molecule has 2 aromatic rings. The molecule has 0 aromatic heterocycles. The number of amides is 1. The molecule has 114 valence electrons. The molecule has 5 heteroatoms. The summed E-state index contributed by atoms with van der Waals surface area (Å²) in [5, 5.41) is 3.26. The van der Waals surface area contributed by atoms with Gasteiger partial charge in [0.15, 0.2) is 6.61 Å². The van der Waals surface area contributed by atoms with Gasteiger partial charge in [0.1, 0.15) is 0 Å². The first-order chi connectivity index (χ1) is 10.5. The molecular weight excluding hydrogens is 302 g/mol. The number of hydrogen-bond acceptors (Lipinski definition) is 3. The summed E-state index contributed by atoms with van der Waals surface area (Å²) in [4.78, 5) is 23.6. The minimum atomic E-state index is -0.562. The summed E-state index contributed by atoms with van der Waals surface area (Å²) in [7, 11) is 0. The first-order valence-corrected chi connectivity index (χ1v) is 7.14. The molecule has 0 bridgehead atoms. The van der Waals surface area contributed by atoms with Gasteiger partial charge in [0, 0.05) is 10.7 Å². The highest BCUT2D eigenvalue weighted by Gasteiger charge is 2.11. The van der Waals surface area contributed by atoms with Crippen LogP contribution in [-0.4, -0.2) is 18.5 Å². The molecule has 0 aliphatic rings. The maximum atomic E-state index is 11.9. The highest BCUT2D eigenvalue weighted by atomic mass is 35.5. The predicted molar refractivity (Wildman–Crippen MR) is 86.3 cm³/mol. The fraction of sp³-hybridized carbons (Fsp3) is 0.176. The van der Waals surface area contributed by atoms with Gasteiger partial charge in [-0.05, 0) is 55.3 Å². The van der Waals surface area contributed by atoms with Gasteiger partial charge in [-0.25, -0.2) is 4.79 Å². The van der Waals surface area contributed by atoms with E-state index in [1.54, 1.807) is 30.3 Å². The smallest absolute Gasteiger partial charge is 0.338 e. The lowest BCUT2D eigenvalue weighted by atomic mass is 10.1. The average molecular weight is 318 g/mol. The number of carbonyl (C=O) groups is 2. The lowest BCUT2D eigenvalue weighted by Gasteiger charge is -2.10. The van der Waals surface area contributed by atoms with Crippen molar-refractivity contribution in [2.24, 2.45) is 0 Å². The molecule has 0 unspecified atom stereocenters. The second-order valence-corrected chi connectivity index (χ2v) is 5.32. The Balaban J connectivity index is 1.91. The number of esters is 1. The van der Waals surface area contributed by atoms with E-state index < -0.39 is 5.97 Å². The van der Waals surface area contributed by atoms with Crippen molar-refractivity contribution in [1.29, 1.82) is 0 Å². The Morgan fingerprint density at radius 3 is 2.45 bits per heavy atom. The zero-order valence-electron chi connectivity index (χ0n) is 12.4. The van der Waals surface area contributed by atoms with Gasteiger partial charge in [-0.1, -0.05) is 23.7 Å². The SMILES string of the molecule is Cc1cccc(NC(=O)COC(=O)c2ccc(Cl)cc2)c1C. The first-order valence-electron chi connectivity index (χ1n) is 6.76. The number of halogens is 1.